The quantitative estimate of drug-likeness (QED) is 0.390. The second-order valence-electron chi connectivity index (χ2n) is 6.67. The molecule has 0 N–H and O–H groups in total. The third-order valence-corrected chi connectivity index (χ3v) is 6.74. The number of thiocarbonyl (C=S) groups is 1. The van der Waals surface area contributed by atoms with E-state index in [4.69, 9.17) is 39.8 Å². The third kappa shape index (κ3) is 3.97. The maximum atomic E-state index is 12.9. The first-order chi connectivity index (χ1) is 13.0. The van der Waals surface area contributed by atoms with Gasteiger partial charge in [0, 0.05) is 22.7 Å². The van der Waals surface area contributed by atoms with Gasteiger partial charge in [-0.2, -0.15) is 0 Å². The lowest BCUT2D eigenvalue weighted by molar-refractivity contribution is -0.124. The van der Waals surface area contributed by atoms with E-state index in [9.17, 15) is 4.79 Å². The fourth-order valence-electron chi connectivity index (χ4n) is 3.53. The Kier molecular flexibility index (Phi) is 5.65. The number of carbonyl (C=O) groups excluding carboxylic acids is 1. The van der Waals surface area contributed by atoms with Gasteiger partial charge in [-0.15, -0.1) is 0 Å². The molecule has 27 heavy (non-hydrogen) atoms. The van der Waals surface area contributed by atoms with E-state index < -0.39 is 0 Å². The van der Waals surface area contributed by atoms with Crippen molar-refractivity contribution in [3.63, 3.8) is 0 Å². The number of hydrogen-bond donors (Lipinski definition) is 0. The normalized spacial score (nSPS) is 20.1. The van der Waals surface area contributed by atoms with Gasteiger partial charge in [0.2, 0.25) is 0 Å². The van der Waals surface area contributed by atoms with Crippen molar-refractivity contribution in [1.29, 1.82) is 0 Å². The smallest absolute Gasteiger partial charge is 0.266 e. The molecule has 7 heteroatoms. The van der Waals surface area contributed by atoms with E-state index in [2.05, 4.69) is 0 Å². The number of benzene rings is 1. The van der Waals surface area contributed by atoms with Crippen LogP contribution in [0.5, 0.6) is 0 Å². The van der Waals surface area contributed by atoms with E-state index in [1.54, 1.807) is 23.1 Å². The maximum absolute atomic E-state index is 12.9. The Morgan fingerprint density at radius 3 is 2.67 bits per heavy atom. The summed E-state index contributed by atoms with van der Waals surface area (Å²) in [6.07, 6.45) is 7.37. The number of nitrogens with zero attached hydrogens (tertiary/aromatic N) is 1. The van der Waals surface area contributed by atoms with Gasteiger partial charge < -0.3 is 4.42 Å². The Bertz CT molecular complexity index is 932. The van der Waals surface area contributed by atoms with Crippen LogP contribution in [-0.2, 0) is 4.79 Å². The van der Waals surface area contributed by atoms with E-state index >= 15 is 0 Å². The molecular weight excluding hydrogens is 421 g/mol. The first kappa shape index (κ1) is 19.1. The fourth-order valence-corrected chi connectivity index (χ4v) is 5.41. The minimum absolute atomic E-state index is 0.0145. The summed E-state index contributed by atoms with van der Waals surface area (Å²) >= 11 is 19.0. The lowest BCUT2D eigenvalue weighted by atomic mass is 9.94. The molecule has 1 aliphatic carbocycles. The highest BCUT2D eigenvalue weighted by molar-refractivity contribution is 8.26. The van der Waals surface area contributed by atoms with Gasteiger partial charge in [0.15, 0.2) is 0 Å². The molecule has 0 radical (unpaired) electrons. The topological polar surface area (TPSA) is 33.5 Å². The Hall–Kier alpha value is -1.27. The van der Waals surface area contributed by atoms with Crippen LogP contribution in [0.25, 0.3) is 17.4 Å². The van der Waals surface area contributed by atoms with Crippen LogP contribution in [0.1, 0.15) is 37.9 Å². The zero-order chi connectivity index (χ0) is 19.0. The van der Waals surface area contributed by atoms with Gasteiger partial charge in [-0.25, -0.2) is 0 Å². The molecule has 0 atom stereocenters. The van der Waals surface area contributed by atoms with Crippen LogP contribution >= 0.6 is 47.2 Å². The highest BCUT2D eigenvalue weighted by Gasteiger charge is 2.37. The number of thioether (sulfide) groups is 1. The number of halogens is 2. The van der Waals surface area contributed by atoms with E-state index in [0.717, 1.165) is 31.2 Å². The molecule has 2 aliphatic rings. The Labute approximate surface area is 177 Å². The number of hydrogen-bond acceptors (Lipinski definition) is 4. The van der Waals surface area contributed by atoms with Crippen LogP contribution in [-0.4, -0.2) is 21.2 Å². The van der Waals surface area contributed by atoms with Crippen molar-refractivity contribution in [2.45, 2.75) is 38.1 Å². The SMILES string of the molecule is O=C1/C(=C\c2ccc(-c3ccc(Cl)cc3Cl)o2)SC(=S)N1C1CCCCC1. The van der Waals surface area contributed by atoms with Crippen molar-refractivity contribution >= 4 is 63.5 Å². The lowest BCUT2D eigenvalue weighted by Crippen LogP contribution is -2.39. The van der Waals surface area contributed by atoms with Crippen molar-refractivity contribution in [3.8, 4) is 11.3 Å². The predicted octanol–water partition coefficient (Wildman–Crippen LogP) is 6.79. The first-order valence-electron chi connectivity index (χ1n) is 8.85. The highest BCUT2D eigenvalue weighted by atomic mass is 35.5. The lowest BCUT2D eigenvalue weighted by Gasteiger charge is -2.29. The molecule has 2 fully saturated rings. The number of amides is 1. The minimum Gasteiger partial charge on any atom is -0.457 e. The van der Waals surface area contributed by atoms with Crippen LogP contribution in [0.15, 0.2) is 39.7 Å². The molecule has 0 unspecified atom stereocenters. The Morgan fingerprint density at radius 1 is 1.15 bits per heavy atom. The molecule has 3 nitrogen and oxygen atoms in total. The molecule has 1 saturated heterocycles. The monoisotopic (exact) mass is 437 g/mol. The van der Waals surface area contributed by atoms with Gasteiger partial charge in [0.25, 0.3) is 5.91 Å². The number of furan rings is 1. The van der Waals surface area contributed by atoms with Gasteiger partial charge in [0.1, 0.15) is 15.8 Å². The van der Waals surface area contributed by atoms with E-state index in [1.807, 2.05) is 18.2 Å². The molecular formula is C20H17Cl2NO2S2. The average Bonchev–Trinajstić information content (AvgIpc) is 3.21. The van der Waals surface area contributed by atoms with Gasteiger partial charge in [-0.3, -0.25) is 9.69 Å². The molecule has 1 saturated carbocycles. The summed E-state index contributed by atoms with van der Waals surface area (Å²) in [7, 11) is 0. The van der Waals surface area contributed by atoms with E-state index in [1.165, 1.54) is 18.2 Å². The summed E-state index contributed by atoms with van der Waals surface area (Å²) in [6.45, 7) is 0. The van der Waals surface area contributed by atoms with Crippen LogP contribution in [0.3, 0.4) is 0 Å². The van der Waals surface area contributed by atoms with Crippen molar-refractivity contribution in [2.75, 3.05) is 0 Å². The molecule has 2 heterocycles. The molecule has 4 rings (SSSR count). The Morgan fingerprint density at radius 2 is 1.93 bits per heavy atom. The summed E-state index contributed by atoms with van der Waals surface area (Å²) in [5.41, 5.74) is 0.760. The second-order valence-corrected chi connectivity index (χ2v) is 9.19. The first-order valence-corrected chi connectivity index (χ1v) is 10.8. The second kappa shape index (κ2) is 8.00. The molecule has 1 aromatic heterocycles. The predicted molar refractivity (Wildman–Crippen MR) is 116 cm³/mol. The van der Waals surface area contributed by atoms with Crippen molar-refractivity contribution in [2.24, 2.45) is 0 Å². The number of carbonyl (C=O) groups is 1. The summed E-state index contributed by atoms with van der Waals surface area (Å²) in [5, 5.41) is 1.09. The van der Waals surface area contributed by atoms with Crippen molar-refractivity contribution in [3.05, 3.63) is 51.0 Å². The standard InChI is InChI=1S/C20H17Cl2NO2S2/c21-12-6-8-15(16(22)10-12)17-9-7-14(25-17)11-18-19(24)23(20(26)27-18)13-4-2-1-3-5-13/h6-11,13H,1-5H2/b18-11+. The summed E-state index contributed by atoms with van der Waals surface area (Å²) in [4.78, 5) is 15.3. The molecule has 0 spiro atoms. The third-order valence-electron chi connectivity index (χ3n) is 4.86. The minimum atomic E-state index is -0.0145. The molecule has 2 aromatic rings. The molecule has 0 bridgehead atoms. The fraction of sp³-hybridized carbons (Fsp3) is 0.300. The van der Waals surface area contributed by atoms with Gasteiger partial charge in [0.05, 0.1) is 9.93 Å². The summed E-state index contributed by atoms with van der Waals surface area (Å²) in [5.74, 6) is 1.21. The number of rotatable bonds is 3. The van der Waals surface area contributed by atoms with Crippen LogP contribution in [0, 0.1) is 0 Å². The van der Waals surface area contributed by atoms with Crippen molar-refractivity contribution in [1.82, 2.24) is 4.90 Å². The largest absolute Gasteiger partial charge is 0.457 e. The van der Waals surface area contributed by atoms with Gasteiger partial charge in [-0.05, 0) is 43.2 Å². The van der Waals surface area contributed by atoms with Crippen molar-refractivity contribution < 1.29 is 9.21 Å². The van der Waals surface area contributed by atoms with Crippen LogP contribution in [0.4, 0.5) is 0 Å². The molecule has 1 amide bonds. The summed E-state index contributed by atoms with van der Waals surface area (Å²) in [6, 6.07) is 9.15. The molecule has 1 aliphatic heterocycles. The highest BCUT2D eigenvalue weighted by Crippen LogP contribution is 2.38. The van der Waals surface area contributed by atoms with Gasteiger partial charge >= 0.3 is 0 Å². The van der Waals surface area contributed by atoms with Gasteiger partial charge in [-0.1, -0.05) is 66.4 Å². The Balaban J connectivity index is 1.56. The summed E-state index contributed by atoms with van der Waals surface area (Å²) < 4.78 is 6.53. The molecule has 140 valence electrons. The van der Waals surface area contributed by atoms with Crippen LogP contribution in [0.2, 0.25) is 10.0 Å². The van der Waals surface area contributed by atoms with E-state index in [-0.39, 0.29) is 11.9 Å². The maximum Gasteiger partial charge on any atom is 0.266 e. The zero-order valence-electron chi connectivity index (χ0n) is 14.4. The average molecular weight is 438 g/mol. The van der Waals surface area contributed by atoms with Crippen LogP contribution < -0.4 is 0 Å². The van der Waals surface area contributed by atoms with E-state index in [0.29, 0.717) is 30.8 Å². The zero-order valence-corrected chi connectivity index (χ0v) is 17.6. The molecule has 1 aromatic carbocycles.